The van der Waals surface area contributed by atoms with Gasteiger partial charge in [0.05, 0.1) is 4.34 Å². The number of halogens is 2. The molecule has 1 fully saturated rings. The molecule has 0 aliphatic carbocycles. The smallest absolute Gasteiger partial charge is 0.193 e. The first kappa shape index (κ1) is 21.2. The molecule has 2 aromatic heterocycles. The quantitative estimate of drug-likeness (QED) is 0.379. The lowest BCUT2D eigenvalue weighted by Crippen LogP contribution is -2.53. The second-order valence-corrected chi connectivity index (χ2v) is 7.49. The topological polar surface area (TPSA) is 64.0 Å². The summed E-state index contributed by atoms with van der Waals surface area (Å²) in [6.45, 7) is 3.90. The minimum atomic E-state index is -0.593. The van der Waals surface area contributed by atoms with Crippen LogP contribution in [0.2, 0.25) is 4.34 Å². The Hall–Kier alpha value is -1.10. The van der Waals surface area contributed by atoms with Crippen molar-refractivity contribution in [2.24, 2.45) is 4.99 Å². The van der Waals surface area contributed by atoms with Crippen LogP contribution in [0.4, 0.5) is 5.82 Å². The Bertz CT molecular complexity index is 706. The summed E-state index contributed by atoms with van der Waals surface area (Å²) in [7, 11) is 1.77. The van der Waals surface area contributed by atoms with Gasteiger partial charge in [0.15, 0.2) is 5.96 Å². The number of hydrogen-bond acceptors (Lipinski definition) is 5. The van der Waals surface area contributed by atoms with Gasteiger partial charge in [0, 0.05) is 50.8 Å². The van der Waals surface area contributed by atoms with E-state index >= 15 is 0 Å². The van der Waals surface area contributed by atoms with Crippen molar-refractivity contribution in [3.05, 3.63) is 45.7 Å². The van der Waals surface area contributed by atoms with E-state index < -0.39 is 6.10 Å². The molecule has 1 unspecified atom stereocenters. The molecular weight excluding hydrogens is 485 g/mol. The number of nitrogens with one attached hydrogen (secondary N) is 1. The Balaban J connectivity index is 0.00000243. The number of rotatable bonds is 4. The zero-order chi connectivity index (χ0) is 17.6. The fourth-order valence-corrected chi connectivity index (χ4v) is 3.86. The summed E-state index contributed by atoms with van der Waals surface area (Å²) in [4.78, 5) is 14.1. The number of aromatic nitrogens is 1. The van der Waals surface area contributed by atoms with Gasteiger partial charge in [0.2, 0.25) is 0 Å². The van der Waals surface area contributed by atoms with Gasteiger partial charge in [0.25, 0.3) is 0 Å². The second-order valence-electron chi connectivity index (χ2n) is 5.75. The van der Waals surface area contributed by atoms with Crippen molar-refractivity contribution in [3.63, 3.8) is 0 Å². The van der Waals surface area contributed by atoms with Crippen LogP contribution >= 0.6 is 46.9 Å². The zero-order valence-corrected chi connectivity index (χ0v) is 18.4. The highest BCUT2D eigenvalue weighted by molar-refractivity contribution is 14.0. The average molecular weight is 508 g/mol. The summed E-state index contributed by atoms with van der Waals surface area (Å²) >= 11 is 7.32. The highest BCUT2D eigenvalue weighted by Gasteiger charge is 2.21. The Kier molecular flexibility index (Phi) is 8.39. The third-order valence-corrected chi connectivity index (χ3v) is 5.47. The number of hydrogen-bond donors (Lipinski definition) is 2. The van der Waals surface area contributed by atoms with Crippen LogP contribution in [0.3, 0.4) is 0 Å². The maximum Gasteiger partial charge on any atom is 0.193 e. The molecule has 9 heteroatoms. The van der Waals surface area contributed by atoms with Crippen LogP contribution in [0.1, 0.15) is 11.0 Å². The van der Waals surface area contributed by atoms with Crippen LogP contribution in [0, 0.1) is 0 Å². The molecule has 1 atom stereocenters. The Morgan fingerprint density at radius 3 is 2.65 bits per heavy atom. The molecule has 0 amide bonds. The monoisotopic (exact) mass is 507 g/mol. The lowest BCUT2D eigenvalue weighted by molar-refractivity contribution is 0.183. The molecular formula is C17H23ClIN5OS. The number of nitrogens with zero attached hydrogens (tertiary/aromatic N) is 4. The second kappa shape index (κ2) is 10.3. The molecule has 0 aromatic carbocycles. The highest BCUT2D eigenvalue weighted by atomic mass is 127. The van der Waals surface area contributed by atoms with E-state index in [0.717, 1.165) is 42.8 Å². The number of anilines is 1. The van der Waals surface area contributed by atoms with Gasteiger partial charge >= 0.3 is 0 Å². The molecule has 1 saturated heterocycles. The summed E-state index contributed by atoms with van der Waals surface area (Å²) < 4.78 is 0.684. The molecule has 2 N–H and O–H groups in total. The standard InChI is InChI=1S/C17H22ClN5OS.HI/c1-19-17(21-12-13(24)14-5-6-15(18)25-14)23-10-8-22(9-11-23)16-4-2-3-7-20-16;/h2-7,13,24H,8-12H2,1H3,(H,19,21);1H. The molecule has 26 heavy (non-hydrogen) atoms. The van der Waals surface area contributed by atoms with Crippen LogP contribution in [0.5, 0.6) is 0 Å². The van der Waals surface area contributed by atoms with Gasteiger partial charge in [-0.05, 0) is 24.3 Å². The van der Waals surface area contributed by atoms with Gasteiger partial charge < -0.3 is 20.2 Å². The molecule has 3 rings (SSSR count). The van der Waals surface area contributed by atoms with Crippen LogP contribution in [0.15, 0.2) is 41.5 Å². The van der Waals surface area contributed by atoms with E-state index in [1.165, 1.54) is 11.3 Å². The van der Waals surface area contributed by atoms with E-state index in [2.05, 4.69) is 25.1 Å². The van der Waals surface area contributed by atoms with Crippen molar-refractivity contribution >= 4 is 58.7 Å². The van der Waals surface area contributed by atoms with E-state index in [1.54, 1.807) is 13.1 Å². The van der Waals surface area contributed by atoms with Gasteiger partial charge in [-0.15, -0.1) is 35.3 Å². The summed E-state index contributed by atoms with van der Waals surface area (Å²) in [5.41, 5.74) is 0. The maximum absolute atomic E-state index is 10.3. The number of piperazine rings is 1. The van der Waals surface area contributed by atoms with Crippen LogP contribution < -0.4 is 10.2 Å². The largest absolute Gasteiger partial charge is 0.386 e. The predicted molar refractivity (Wildman–Crippen MR) is 119 cm³/mol. The van der Waals surface area contributed by atoms with Crippen molar-refractivity contribution < 1.29 is 5.11 Å². The molecule has 1 aliphatic rings. The average Bonchev–Trinajstić information content (AvgIpc) is 3.10. The summed E-state index contributed by atoms with van der Waals surface area (Å²) in [6, 6.07) is 9.63. The van der Waals surface area contributed by atoms with Gasteiger partial charge in [-0.25, -0.2) is 4.98 Å². The van der Waals surface area contributed by atoms with Crippen LogP contribution in [-0.2, 0) is 0 Å². The lowest BCUT2D eigenvalue weighted by Gasteiger charge is -2.37. The number of guanidine groups is 1. The Morgan fingerprint density at radius 1 is 1.31 bits per heavy atom. The number of thiophene rings is 1. The summed E-state index contributed by atoms with van der Waals surface area (Å²) in [5.74, 6) is 1.82. The molecule has 0 spiro atoms. The third kappa shape index (κ3) is 5.45. The lowest BCUT2D eigenvalue weighted by atomic mass is 10.3. The fraction of sp³-hybridized carbons (Fsp3) is 0.412. The van der Waals surface area contributed by atoms with Gasteiger partial charge in [-0.3, -0.25) is 4.99 Å². The molecule has 3 heterocycles. The number of aliphatic imine (C=N–C) groups is 1. The number of aliphatic hydroxyl groups is 1. The molecule has 2 aromatic rings. The van der Waals surface area contributed by atoms with E-state index in [-0.39, 0.29) is 24.0 Å². The van der Waals surface area contributed by atoms with E-state index in [1.807, 2.05) is 30.5 Å². The summed E-state index contributed by atoms with van der Waals surface area (Å²) in [6.07, 6.45) is 1.23. The van der Waals surface area contributed by atoms with Gasteiger partial charge in [0.1, 0.15) is 11.9 Å². The first-order valence-electron chi connectivity index (χ1n) is 8.22. The molecule has 0 radical (unpaired) electrons. The van der Waals surface area contributed by atoms with Crippen molar-refractivity contribution in [2.75, 3.05) is 44.7 Å². The molecule has 142 valence electrons. The predicted octanol–water partition coefficient (Wildman–Crippen LogP) is 2.85. The normalized spacial score (nSPS) is 16.2. The maximum atomic E-state index is 10.3. The summed E-state index contributed by atoms with van der Waals surface area (Å²) in [5, 5.41) is 13.5. The van der Waals surface area contributed by atoms with Gasteiger partial charge in [-0.1, -0.05) is 17.7 Å². The molecule has 0 saturated carbocycles. The van der Waals surface area contributed by atoms with Crippen molar-refractivity contribution in [3.8, 4) is 0 Å². The van der Waals surface area contributed by atoms with Crippen molar-refractivity contribution in [1.82, 2.24) is 15.2 Å². The van der Waals surface area contributed by atoms with Gasteiger partial charge in [-0.2, -0.15) is 0 Å². The van der Waals surface area contributed by atoms with Crippen LogP contribution in [-0.4, -0.2) is 60.7 Å². The highest BCUT2D eigenvalue weighted by Crippen LogP contribution is 2.26. The van der Waals surface area contributed by atoms with E-state index in [0.29, 0.717) is 10.9 Å². The number of pyridine rings is 1. The SMILES string of the molecule is CN=C(NCC(O)c1ccc(Cl)s1)N1CCN(c2ccccn2)CC1.I. The Labute approximate surface area is 179 Å². The first-order chi connectivity index (χ1) is 12.2. The van der Waals surface area contributed by atoms with E-state index in [4.69, 9.17) is 11.6 Å². The Morgan fingerprint density at radius 2 is 2.08 bits per heavy atom. The first-order valence-corrected chi connectivity index (χ1v) is 9.41. The van der Waals surface area contributed by atoms with Crippen molar-refractivity contribution in [2.45, 2.75) is 6.10 Å². The minimum absolute atomic E-state index is 0. The molecule has 6 nitrogen and oxygen atoms in total. The van der Waals surface area contributed by atoms with Crippen molar-refractivity contribution in [1.29, 1.82) is 0 Å². The minimum Gasteiger partial charge on any atom is -0.386 e. The molecule has 1 aliphatic heterocycles. The van der Waals surface area contributed by atoms with E-state index in [9.17, 15) is 5.11 Å². The fourth-order valence-electron chi connectivity index (χ4n) is 2.82. The molecule has 0 bridgehead atoms. The third-order valence-electron chi connectivity index (χ3n) is 4.14. The van der Waals surface area contributed by atoms with Crippen LogP contribution in [0.25, 0.3) is 0 Å². The number of aliphatic hydroxyl groups excluding tert-OH is 1. The zero-order valence-electron chi connectivity index (χ0n) is 14.5.